The SMILES string of the molecule is C1=CCC2Oc3cc(-c4ccc(-c5ccccc5-c5nc(-c6ccccc6)c6ccccc6n5)cc4)ccc3C3(C2=C1)c1ccccc1-c1ccccc13. The second kappa shape index (κ2) is 12.1. The van der Waals surface area contributed by atoms with Gasteiger partial charge in [-0.3, -0.25) is 0 Å². The summed E-state index contributed by atoms with van der Waals surface area (Å²) in [6, 6.07) is 60.6. The molecule has 8 aromatic rings. The van der Waals surface area contributed by atoms with Crippen LogP contribution in [0.15, 0.2) is 194 Å². The third-order valence-electron chi connectivity index (χ3n) is 11.5. The van der Waals surface area contributed by atoms with E-state index in [0.29, 0.717) is 5.82 Å². The number of para-hydroxylation sites is 1. The molecule has 1 unspecified atom stereocenters. The fourth-order valence-corrected chi connectivity index (χ4v) is 9.13. The van der Waals surface area contributed by atoms with Crippen LogP contribution in [-0.2, 0) is 5.41 Å². The highest BCUT2D eigenvalue weighted by molar-refractivity contribution is 5.95. The minimum absolute atomic E-state index is 0.0319. The first-order valence-electron chi connectivity index (χ1n) is 18.7. The van der Waals surface area contributed by atoms with E-state index in [1.807, 2.05) is 12.1 Å². The van der Waals surface area contributed by atoms with Crippen molar-refractivity contribution in [1.82, 2.24) is 9.97 Å². The summed E-state index contributed by atoms with van der Waals surface area (Å²) in [5, 5.41) is 1.04. The summed E-state index contributed by atoms with van der Waals surface area (Å²) >= 11 is 0. The van der Waals surface area contributed by atoms with Crippen LogP contribution in [0.4, 0.5) is 0 Å². The summed E-state index contributed by atoms with van der Waals surface area (Å²) in [4.78, 5) is 10.3. The van der Waals surface area contributed by atoms with Crippen molar-refractivity contribution in [2.24, 2.45) is 0 Å². The van der Waals surface area contributed by atoms with E-state index >= 15 is 0 Å². The van der Waals surface area contributed by atoms with Gasteiger partial charge in [-0.1, -0.05) is 176 Å². The van der Waals surface area contributed by atoms with Crippen LogP contribution in [0.3, 0.4) is 0 Å². The number of hydrogen-bond acceptors (Lipinski definition) is 3. The van der Waals surface area contributed by atoms with E-state index in [1.54, 1.807) is 0 Å². The molecule has 3 nitrogen and oxygen atoms in total. The van der Waals surface area contributed by atoms with Crippen molar-refractivity contribution in [2.75, 3.05) is 0 Å². The lowest BCUT2D eigenvalue weighted by Crippen LogP contribution is -2.42. The van der Waals surface area contributed by atoms with Crippen LogP contribution in [0, 0.1) is 0 Å². The van der Waals surface area contributed by atoms with Crippen LogP contribution in [0.5, 0.6) is 5.75 Å². The molecular weight excluding hydrogens is 657 g/mol. The number of aromatic nitrogens is 2. The molecule has 0 amide bonds. The van der Waals surface area contributed by atoms with Gasteiger partial charge < -0.3 is 4.74 Å². The molecule has 1 aromatic heterocycles. The molecule has 0 saturated heterocycles. The minimum atomic E-state index is -0.395. The zero-order valence-electron chi connectivity index (χ0n) is 29.5. The van der Waals surface area contributed by atoms with E-state index in [9.17, 15) is 0 Å². The number of allylic oxidation sites excluding steroid dienone is 2. The topological polar surface area (TPSA) is 35.0 Å². The molecule has 2 heterocycles. The third-order valence-corrected chi connectivity index (χ3v) is 11.5. The standard InChI is InChI=1S/C51H34N2O/c1-2-14-35(15-3-1)49-41-20-8-12-24-46(41)52-50(53-49)40-19-5-4-16-37(40)34-28-26-33(27-29-34)36-30-31-45-48(32-36)54-47-25-13-11-23-44(47)51(45)42-21-9-6-17-38(42)39-18-7-10-22-43(39)51/h1-24,26-32,47H,25H2. The van der Waals surface area contributed by atoms with Crippen LogP contribution < -0.4 is 4.74 Å². The predicted molar refractivity (Wildman–Crippen MR) is 219 cm³/mol. The Balaban J connectivity index is 1.00. The van der Waals surface area contributed by atoms with Crippen LogP contribution >= 0.6 is 0 Å². The summed E-state index contributed by atoms with van der Waals surface area (Å²) in [5.74, 6) is 1.67. The lowest BCUT2D eigenvalue weighted by Gasteiger charge is -2.45. The van der Waals surface area contributed by atoms with E-state index < -0.39 is 5.41 Å². The summed E-state index contributed by atoms with van der Waals surface area (Å²) in [6.07, 6.45) is 7.55. The lowest BCUT2D eigenvalue weighted by molar-refractivity contribution is 0.205. The van der Waals surface area contributed by atoms with Crippen LogP contribution in [-0.4, -0.2) is 16.1 Å². The third kappa shape index (κ3) is 4.55. The molecule has 0 N–H and O–H groups in total. The maximum absolute atomic E-state index is 6.91. The van der Waals surface area contributed by atoms with Crippen molar-refractivity contribution in [1.29, 1.82) is 0 Å². The van der Waals surface area contributed by atoms with Gasteiger partial charge in [0.2, 0.25) is 0 Å². The number of hydrogen-bond donors (Lipinski definition) is 0. The van der Waals surface area contributed by atoms with E-state index in [2.05, 4.69) is 176 Å². The second-order valence-electron chi connectivity index (χ2n) is 14.3. The molecule has 2 aliphatic carbocycles. The Labute approximate surface area is 314 Å². The first kappa shape index (κ1) is 30.8. The second-order valence-corrected chi connectivity index (χ2v) is 14.3. The first-order valence-corrected chi connectivity index (χ1v) is 18.7. The molecule has 0 fully saturated rings. The summed E-state index contributed by atoms with van der Waals surface area (Å²) in [7, 11) is 0. The average molecular weight is 691 g/mol. The molecule has 1 aliphatic heterocycles. The molecule has 0 radical (unpaired) electrons. The lowest BCUT2D eigenvalue weighted by atomic mass is 9.63. The van der Waals surface area contributed by atoms with Crippen LogP contribution in [0.1, 0.15) is 23.1 Å². The summed E-state index contributed by atoms with van der Waals surface area (Å²) < 4.78 is 6.91. The number of nitrogens with zero attached hydrogens (tertiary/aromatic N) is 2. The summed E-state index contributed by atoms with van der Waals surface area (Å²) in [5.41, 5.74) is 15.8. The number of ether oxygens (including phenoxy) is 1. The Morgan fingerprint density at radius 2 is 1.13 bits per heavy atom. The molecule has 1 atom stereocenters. The number of fused-ring (bicyclic) bond motifs is 10. The van der Waals surface area contributed by atoms with Crippen molar-refractivity contribution in [3.63, 3.8) is 0 Å². The Kier molecular flexibility index (Phi) is 6.90. The molecule has 11 rings (SSSR count). The van der Waals surface area contributed by atoms with Crippen LogP contribution in [0.2, 0.25) is 0 Å². The fourth-order valence-electron chi connectivity index (χ4n) is 9.13. The first-order chi connectivity index (χ1) is 26.8. The monoisotopic (exact) mass is 690 g/mol. The minimum Gasteiger partial charge on any atom is -0.485 e. The fraction of sp³-hybridized carbons (Fsp3) is 0.0588. The van der Waals surface area contributed by atoms with Gasteiger partial charge in [0.15, 0.2) is 5.82 Å². The van der Waals surface area contributed by atoms with Gasteiger partial charge >= 0.3 is 0 Å². The Hall–Kier alpha value is -6.84. The number of benzene rings is 7. The van der Waals surface area contributed by atoms with Gasteiger partial charge in [0.25, 0.3) is 0 Å². The van der Waals surface area contributed by atoms with E-state index in [1.165, 1.54) is 33.4 Å². The smallest absolute Gasteiger partial charge is 0.161 e. The molecular formula is C51H34N2O. The quantitative estimate of drug-likeness (QED) is 0.184. The molecule has 7 aromatic carbocycles. The Bertz CT molecular complexity index is 2790. The number of rotatable bonds is 4. The maximum Gasteiger partial charge on any atom is 0.161 e. The van der Waals surface area contributed by atoms with Gasteiger partial charge in [-0.2, -0.15) is 0 Å². The highest BCUT2D eigenvalue weighted by Crippen LogP contribution is 2.61. The van der Waals surface area contributed by atoms with Crippen molar-refractivity contribution < 1.29 is 4.74 Å². The Morgan fingerprint density at radius 3 is 1.91 bits per heavy atom. The van der Waals surface area contributed by atoms with Crippen molar-refractivity contribution in [3.8, 4) is 61.8 Å². The highest BCUT2D eigenvalue weighted by atomic mass is 16.5. The zero-order valence-corrected chi connectivity index (χ0v) is 29.5. The van der Waals surface area contributed by atoms with E-state index in [4.69, 9.17) is 14.7 Å². The normalized spacial score (nSPS) is 15.9. The molecule has 1 spiro atoms. The highest BCUT2D eigenvalue weighted by Gasteiger charge is 2.53. The van der Waals surface area contributed by atoms with Gasteiger partial charge in [0.1, 0.15) is 11.9 Å². The zero-order chi connectivity index (χ0) is 35.6. The Morgan fingerprint density at radius 1 is 0.500 bits per heavy atom. The average Bonchev–Trinajstić information content (AvgIpc) is 3.54. The van der Waals surface area contributed by atoms with Gasteiger partial charge in [-0.15, -0.1) is 0 Å². The molecule has 3 heteroatoms. The predicted octanol–water partition coefficient (Wildman–Crippen LogP) is 12.3. The molecule has 3 aliphatic rings. The van der Waals surface area contributed by atoms with Crippen molar-refractivity contribution in [3.05, 3.63) is 210 Å². The maximum atomic E-state index is 6.91. The molecule has 54 heavy (non-hydrogen) atoms. The van der Waals surface area contributed by atoms with Gasteiger partial charge in [0.05, 0.1) is 16.6 Å². The van der Waals surface area contributed by atoms with E-state index in [0.717, 1.165) is 62.1 Å². The molecule has 254 valence electrons. The molecule has 0 saturated carbocycles. The summed E-state index contributed by atoms with van der Waals surface area (Å²) in [6.45, 7) is 0. The molecule has 0 bridgehead atoms. The van der Waals surface area contributed by atoms with Gasteiger partial charge in [0, 0.05) is 28.5 Å². The van der Waals surface area contributed by atoms with Crippen molar-refractivity contribution >= 4 is 10.9 Å². The largest absolute Gasteiger partial charge is 0.485 e. The van der Waals surface area contributed by atoms with E-state index in [-0.39, 0.29) is 6.10 Å². The van der Waals surface area contributed by atoms with Crippen molar-refractivity contribution in [2.45, 2.75) is 17.9 Å². The van der Waals surface area contributed by atoms with Gasteiger partial charge in [-0.05, 0) is 62.2 Å². The van der Waals surface area contributed by atoms with Gasteiger partial charge in [-0.25, -0.2) is 9.97 Å². The van der Waals surface area contributed by atoms with Crippen LogP contribution in [0.25, 0.3) is 66.9 Å².